The number of amides is 2. The van der Waals surface area contributed by atoms with Crippen molar-refractivity contribution in [2.75, 3.05) is 14.2 Å². The second kappa shape index (κ2) is 8.19. The van der Waals surface area contributed by atoms with Gasteiger partial charge in [0.25, 0.3) is 11.8 Å². The standard InChI is InChI=1S/C18H15N3O4S2/c1-24-13-5-3-4-12(15(13)25-2)10-14-17(23)21(18(26)27-14)20-16(22)11-6-8-19-9-7-11/h3-10H,1-2H3,(H,20,22)/b14-10-. The van der Waals surface area contributed by atoms with Crippen LogP contribution in [0, 0.1) is 0 Å². The summed E-state index contributed by atoms with van der Waals surface area (Å²) in [5.74, 6) is 0.185. The number of hydrazine groups is 1. The molecule has 1 saturated heterocycles. The minimum Gasteiger partial charge on any atom is -0.493 e. The zero-order chi connectivity index (χ0) is 19.4. The summed E-state index contributed by atoms with van der Waals surface area (Å²) in [7, 11) is 3.06. The summed E-state index contributed by atoms with van der Waals surface area (Å²) in [6.07, 6.45) is 4.64. The Morgan fingerprint density at radius 3 is 2.63 bits per heavy atom. The first-order valence-electron chi connectivity index (χ1n) is 7.75. The molecule has 0 bridgehead atoms. The Balaban J connectivity index is 1.84. The number of carbonyl (C=O) groups is 2. The highest BCUT2D eigenvalue weighted by molar-refractivity contribution is 8.26. The molecule has 1 aromatic heterocycles. The lowest BCUT2D eigenvalue weighted by molar-refractivity contribution is -0.123. The summed E-state index contributed by atoms with van der Waals surface area (Å²) >= 11 is 6.33. The van der Waals surface area contributed by atoms with Crippen LogP contribution in [0.4, 0.5) is 0 Å². The maximum atomic E-state index is 12.7. The highest BCUT2D eigenvalue weighted by Crippen LogP contribution is 2.36. The van der Waals surface area contributed by atoms with Gasteiger partial charge in [-0.1, -0.05) is 23.9 Å². The van der Waals surface area contributed by atoms with Gasteiger partial charge in [0.05, 0.1) is 19.1 Å². The zero-order valence-electron chi connectivity index (χ0n) is 14.5. The fourth-order valence-electron chi connectivity index (χ4n) is 2.40. The van der Waals surface area contributed by atoms with Gasteiger partial charge >= 0.3 is 0 Å². The van der Waals surface area contributed by atoms with Crippen LogP contribution in [0.3, 0.4) is 0 Å². The van der Waals surface area contributed by atoms with Crippen LogP contribution in [0.1, 0.15) is 15.9 Å². The minimum atomic E-state index is -0.450. The lowest BCUT2D eigenvalue weighted by Crippen LogP contribution is -2.44. The van der Waals surface area contributed by atoms with Crippen LogP contribution in [0.15, 0.2) is 47.6 Å². The Morgan fingerprint density at radius 2 is 1.96 bits per heavy atom. The molecule has 1 N–H and O–H groups in total. The van der Waals surface area contributed by atoms with Gasteiger partial charge in [0, 0.05) is 23.5 Å². The van der Waals surface area contributed by atoms with E-state index < -0.39 is 11.8 Å². The van der Waals surface area contributed by atoms with Crippen molar-refractivity contribution in [1.29, 1.82) is 0 Å². The number of nitrogens with one attached hydrogen (secondary N) is 1. The summed E-state index contributed by atoms with van der Waals surface area (Å²) in [5.41, 5.74) is 3.56. The normalized spacial score (nSPS) is 15.2. The van der Waals surface area contributed by atoms with Crippen LogP contribution in [0.5, 0.6) is 11.5 Å². The van der Waals surface area contributed by atoms with Crippen molar-refractivity contribution in [3.05, 3.63) is 58.8 Å². The van der Waals surface area contributed by atoms with E-state index in [1.165, 1.54) is 26.6 Å². The first-order chi connectivity index (χ1) is 13.0. The third kappa shape index (κ3) is 3.93. The fourth-order valence-corrected chi connectivity index (χ4v) is 3.57. The summed E-state index contributed by atoms with van der Waals surface area (Å²) in [6, 6.07) is 8.44. The second-order valence-corrected chi connectivity index (χ2v) is 6.95. The van der Waals surface area contributed by atoms with Crippen molar-refractivity contribution < 1.29 is 19.1 Å². The molecule has 0 aliphatic carbocycles. The van der Waals surface area contributed by atoms with Gasteiger partial charge in [-0.2, -0.15) is 5.01 Å². The number of pyridine rings is 1. The smallest absolute Gasteiger partial charge is 0.285 e. The molecule has 0 unspecified atom stereocenters. The number of hydrogen-bond acceptors (Lipinski definition) is 7. The molecule has 0 saturated carbocycles. The number of methoxy groups -OCH3 is 2. The van der Waals surface area contributed by atoms with Crippen molar-refractivity contribution in [3.63, 3.8) is 0 Å². The molecule has 1 aliphatic heterocycles. The molecule has 27 heavy (non-hydrogen) atoms. The Morgan fingerprint density at radius 1 is 1.22 bits per heavy atom. The number of hydrogen-bond donors (Lipinski definition) is 1. The van der Waals surface area contributed by atoms with E-state index in [4.69, 9.17) is 21.7 Å². The van der Waals surface area contributed by atoms with Gasteiger partial charge in [-0.25, -0.2) is 0 Å². The second-order valence-electron chi connectivity index (χ2n) is 5.28. The van der Waals surface area contributed by atoms with Crippen LogP contribution < -0.4 is 14.9 Å². The minimum absolute atomic E-state index is 0.232. The number of aromatic nitrogens is 1. The topological polar surface area (TPSA) is 80.8 Å². The molecule has 138 valence electrons. The molecule has 9 heteroatoms. The van der Waals surface area contributed by atoms with Crippen LogP contribution in [-0.2, 0) is 4.79 Å². The Kier molecular flexibility index (Phi) is 5.72. The van der Waals surface area contributed by atoms with E-state index in [0.717, 1.165) is 16.8 Å². The average molecular weight is 401 g/mol. The van der Waals surface area contributed by atoms with Gasteiger partial charge < -0.3 is 9.47 Å². The van der Waals surface area contributed by atoms with Crippen LogP contribution >= 0.6 is 24.0 Å². The summed E-state index contributed by atoms with van der Waals surface area (Å²) < 4.78 is 10.9. The van der Waals surface area contributed by atoms with E-state index >= 15 is 0 Å². The monoisotopic (exact) mass is 401 g/mol. The lowest BCUT2D eigenvalue weighted by Gasteiger charge is -2.15. The highest BCUT2D eigenvalue weighted by Gasteiger charge is 2.34. The molecule has 1 fully saturated rings. The van der Waals surface area contributed by atoms with Gasteiger partial charge in [0.2, 0.25) is 0 Å². The van der Waals surface area contributed by atoms with Crippen LogP contribution in [0.25, 0.3) is 6.08 Å². The van der Waals surface area contributed by atoms with Crippen molar-refractivity contribution in [1.82, 2.24) is 15.4 Å². The molecule has 7 nitrogen and oxygen atoms in total. The van der Waals surface area contributed by atoms with E-state index in [-0.39, 0.29) is 4.32 Å². The molecular formula is C18H15N3O4S2. The number of nitrogens with zero attached hydrogens (tertiary/aromatic N) is 2. The van der Waals surface area contributed by atoms with E-state index in [9.17, 15) is 9.59 Å². The largest absolute Gasteiger partial charge is 0.493 e. The quantitative estimate of drug-likeness (QED) is 0.609. The summed E-state index contributed by atoms with van der Waals surface area (Å²) in [6.45, 7) is 0. The van der Waals surface area contributed by atoms with E-state index in [2.05, 4.69) is 10.4 Å². The van der Waals surface area contributed by atoms with Crippen molar-refractivity contribution >= 4 is 46.2 Å². The number of para-hydroxylation sites is 1. The third-order valence-electron chi connectivity index (χ3n) is 3.67. The predicted octanol–water partition coefficient (Wildman–Crippen LogP) is 2.65. The van der Waals surface area contributed by atoms with Gasteiger partial charge in [0.15, 0.2) is 15.8 Å². The molecule has 0 radical (unpaired) electrons. The first-order valence-corrected chi connectivity index (χ1v) is 8.97. The van der Waals surface area contributed by atoms with Crippen LogP contribution in [0.2, 0.25) is 0 Å². The van der Waals surface area contributed by atoms with Crippen molar-refractivity contribution in [2.24, 2.45) is 0 Å². The number of carbonyl (C=O) groups excluding carboxylic acids is 2. The molecule has 2 aromatic rings. The maximum absolute atomic E-state index is 12.7. The van der Waals surface area contributed by atoms with E-state index in [1.54, 1.807) is 36.4 Å². The number of benzene rings is 1. The third-order valence-corrected chi connectivity index (χ3v) is 4.97. The van der Waals surface area contributed by atoms with Gasteiger partial charge in [-0.15, -0.1) is 0 Å². The fraction of sp³-hybridized carbons (Fsp3) is 0.111. The molecular weight excluding hydrogens is 386 g/mol. The number of thiocarbonyl (C=S) groups is 1. The first kappa shape index (κ1) is 18.9. The lowest BCUT2D eigenvalue weighted by atomic mass is 10.1. The molecule has 0 spiro atoms. The highest BCUT2D eigenvalue weighted by atomic mass is 32.2. The summed E-state index contributed by atoms with van der Waals surface area (Å²) in [4.78, 5) is 29.2. The van der Waals surface area contributed by atoms with Crippen LogP contribution in [-0.4, -0.2) is 40.3 Å². The Bertz CT molecular complexity index is 931. The van der Waals surface area contributed by atoms with E-state index in [1.807, 2.05) is 0 Å². The molecule has 2 heterocycles. The van der Waals surface area contributed by atoms with Gasteiger partial charge in [-0.05, 0) is 36.5 Å². The SMILES string of the molecule is COc1cccc(/C=C2\SC(=S)N(NC(=O)c3ccncc3)C2=O)c1OC. The number of thioether (sulfide) groups is 1. The number of rotatable bonds is 5. The van der Waals surface area contributed by atoms with Gasteiger partial charge in [-0.3, -0.25) is 20.0 Å². The van der Waals surface area contributed by atoms with Crippen molar-refractivity contribution in [3.8, 4) is 11.5 Å². The molecule has 3 rings (SSSR count). The molecule has 2 amide bonds. The molecule has 1 aliphatic rings. The summed E-state index contributed by atoms with van der Waals surface area (Å²) in [5, 5.41) is 1.06. The Hall–Kier alpha value is -2.91. The maximum Gasteiger partial charge on any atom is 0.285 e. The predicted molar refractivity (Wildman–Crippen MR) is 106 cm³/mol. The molecule has 0 atom stereocenters. The Labute approximate surface area is 165 Å². The average Bonchev–Trinajstić information content (AvgIpc) is 2.95. The van der Waals surface area contributed by atoms with Gasteiger partial charge in [0.1, 0.15) is 0 Å². The van der Waals surface area contributed by atoms with Crippen molar-refractivity contribution in [2.45, 2.75) is 0 Å². The zero-order valence-corrected chi connectivity index (χ0v) is 16.1. The number of ether oxygens (including phenoxy) is 2. The molecule has 1 aromatic carbocycles. The van der Waals surface area contributed by atoms with E-state index in [0.29, 0.717) is 27.5 Å².